The quantitative estimate of drug-likeness (QED) is 0.680. The van der Waals surface area contributed by atoms with Crippen molar-refractivity contribution in [3.8, 4) is 0 Å². The largest absolute Gasteiger partial charge is 0.380 e. The third-order valence-corrected chi connectivity index (χ3v) is 4.15. The zero-order valence-electron chi connectivity index (χ0n) is 11.6. The van der Waals surface area contributed by atoms with E-state index in [1.165, 1.54) is 25.0 Å². The number of nitro groups is 1. The summed E-state index contributed by atoms with van der Waals surface area (Å²) in [5.74, 6) is -0.612. The number of non-ortho nitro benzene ring substituents is 1. The van der Waals surface area contributed by atoms with Gasteiger partial charge in [0.1, 0.15) is 0 Å². The summed E-state index contributed by atoms with van der Waals surface area (Å²) in [4.78, 5) is 12.4. The molecule has 2 atom stereocenters. The van der Waals surface area contributed by atoms with E-state index in [9.17, 15) is 14.5 Å². The molecule has 1 aromatic rings. The minimum Gasteiger partial charge on any atom is -0.380 e. The van der Waals surface area contributed by atoms with Crippen molar-refractivity contribution in [2.24, 2.45) is 0 Å². The highest BCUT2D eigenvalue weighted by Crippen LogP contribution is 2.24. The molecule has 21 heavy (non-hydrogen) atoms. The van der Waals surface area contributed by atoms with Crippen LogP contribution < -0.4 is 5.32 Å². The molecular formula is C14H18FN3O3. The lowest BCUT2D eigenvalue weighted by Gasteiger charge is -2.35. The molecule has 114 valence electrons. The summed E-state index contributed by atoms with van der Waals surface area (Å²) < 4.78 is 19.5. The Morgan fingerprint density at radius 1 is 1.52 bits per heavy atom. The minimum atomic E-state index is -0.612. The summed E-state index contributed by atoms with van der Waals surface area (Å²) in [6.07, 6.45) is 2.43. The van der Waals surface area contributed by atoms with E-state index in [-0.39, 0.29) is 17.5 Å². The first-order valence-corrected chi connectivity index (χ1v) is 7.17. The van der Waals surface area contributed by atoms with Gasteiger partial charge in [-0.15, -0.1) is 0 Å². The molecule has 2 heterocycles. The van der Waals surface area contributed by atoms with Gasteiger partial charge < -0.3 is 10.1 Å². The number of hydrogen-bond donors (Lipinski definition) is 1. The lowest BCUT2D eigenvalue weighted by Crippen LogP contribution is -2.48. The third kappa shape index (κ3) is 3.14. The number of benzene rings is 1. The molecule has 3 rings (SSSR count). The van der Waals surface area contributed by atoms with Gasteiger partial charge in [-0.3, -0.25) is 15.0 Å². The molecule has 1 aromatic carbocycles. The van der Waals surface area contributed by atoms with Gasteiger partial charge >= 0.3 is 0 Å². The van der Waals surface area contributed by atoms with Gasteiger partial charge in [-0.1, -0.05) is 0 Å². The summed E-state index contributed by atoms with van der Waals surface area (Å²) in [5, 5.41) is 13.5. The zero-order valence-corrected chi connectivity index (χ0v) is 11.6. The van der Waals surface area contributed by atoms with Crippen molar-refractivity contribution in [1.82, 2.24) is 4.90 Å². The number of rotatable bonds is 4. The normalized spacial score (nSPS) is 25.6. The Kier molecular flexibility index (Phi) is 4.03. The van der Waals surface area contributed by atoms with Gasteiger partial charge in [-0.25, -0.2) is 4.39 Å². The topological polar surface area (TPSA) is 67.6 Å². The Labute approximate surface area is 122 Å². The van der Waals surface area contributed by atoms with E-state index in [1.807, 2.05) is 0 Å². The summed E-state index contributed by atoms with van der Waals surface area (Å²) in [6.45, 7) is 3.19. The predicted molar refractivity (Wildman–Crippen MR) is 75.9 cm³/mol. The van der Waals surface area contributed by atoms with Crippen LogP contribution >= 0.6 is 0 Å². The van der Waals surface area contributed by atoms with Crippen molar-refractivity contribution in [1.29, 1.82) is 0 Å². The average molecular weight is 295 g/mol. The van der Waals surface area contributed by atoms with Crippen LogP contribution in [-0.2, 0) is 4.74 Å². The van der Waals surface area contributed by atoms with Crippen molar-refractivity contribution in [3.05, 3.63) is 34.1 Å². The summed E-state index contributed by atoms with van der Waals surface area (Å²) in [5.41, 5.74) is 0.0274. The predicted octanol–water partition coefficient (Wildman–Crippen LogP) is 2.01. The number of ether oxygens (including phenoxy) is 1. The number of nitrogens with zero attached hydrogens (tertiary/aromatic N) is 2. The number of anilines is 1. The van der Waals surface area contributed by atoms with Crippen LogP contribution in [-0.4, -0.2) is 48.2 Å². The van der Waals surface area contributed by atoms with Crippen LogP contribution in [0, 0.1) is 15.9 Å². The molecule has 2 aliphatic rings. The number of nitrogens with one attached hydrogen (secondary N) is 1. The Morgan fingerprint density at radius 2 is 2.38 bits per heavy atom. The molecule has 0 amide bonds. The molecule has 7 heteroatoms. The van der Waals surface area contributed by atoms with Gasteiger partial charge in [0.15, 0.2) is 5.82 Å². The van der Waals surface area contributed by atoms with Crippen LogP contribution in [0.1, 0.15) is 12.8 Å². The van der Waals surface area contributed by atoms with Crippen LogP contribution in [0.25, 0.3) is 0 Å². The molecule has 0 saturated carbocycles. The maximum Gasteiger partial charge on any atom is 0.272 e. The maximum absolute atomic E-state index is 13.8. The monoisotopic (exact) mass is 295 g/mol. The first kappa shape index (κ1) is 14.2. The molecule has 0 aliphatic carbocycles. The zero-order chi connectivity index (χ0) is 14.8. The second-order valence-electron chi connectivity index (χ2n) is 5.55. The lowest BCUT2D eigenvalue weighted by molar-refractivity contribution is -0.385. The highest BCUT2D eigenvalue weighted by Gasteiger charge is 2.32. The Hall–Kier alpha value is -1.73. The van der Waals surface area contributed by atoms with Crippen molar-refractivity contribution in [2.75, 3.05) is 31.6 Å². The van der Waals surface area contributed by atoms with Crippen LogP contribution in [0.15, 0.2) is 18.2 Å². The first-order chi connectivity index (χ1) is 10.1. The number of nitro benzene ring substituents is 1. The second-order valence-corrected chi connectivity index (χ2v) is 5.55. The van der Waals surface area contributed by atoms with Gasteiger partial charge in [-0.05, 0) is 25.5 Å². The van der Waals surface area contributed by atoms with E-state index in [4.69, 9.17) is 4.74 Å². The van der Waals surface area contributed by atoms with Gasteiger partial charge in [0.05, 0.1) is 29.4 Å². The SMILES string of the molecule is O=[N+]([O-])c1ccc(NCC2CN3CCCC3CO2)c(F)c1. The Morgan fingerprint density at radius 3 is 3.14 bits per heavy atom. The number of hydrogen-bond acceptors (Lipinski definition) is 5. The second kappa shape index (κ2) is 5.95. The lowest BCUT2D eigenvalue weighted by atomic mass is 10.2. The number of halogens is 1. The van der Waals surface area contributed by atoms with Gasteiger partial charge in [0.25, 0.3) is 5.69 Å². The van der Waals surface area contributed by atoms with Crippen LogP contribution in [0.3, 0.4) is 0 Å². The molecule has 0 spiro atoms. The van der Waals surface area contributed by atoms with Crippen molar-refractivity contribution in [3.63, 3.8) is 0 Å². The van der Waals surface area contributed by atoms with Gasteiger partial charge in [-0.2, -0.15) is 0 Å². The summed E-state index contributed by atoms with van der Waals surface area (Å²) in [6, 6.07) is 4.16. The Balaban J connectivity index is 1.56. The van der Waals surface area contributed by atoms with Gasteiger partial charge in [0.2, 0.25) is 0 Å². The van der Waals surface area contributed by atoms with Crippen molar-refractivity contribution in [2.45, 2.75) is 25.0 Å². The van der Waals surface area contributed by atoms with Crippen molar-refractivity contribution < 1.29 is 14.1 Å². The molecule has 2 fully saturated rings. The smallest absolute Gasteiger partial charge is 0.272 e. The molecule has 0 bridgehead atoms. The fourth-order valence-corrected chi connectivity index (χ4v) is 2.99. The molecule has 6 nitrogen and oxygen atoms in total. The van der Waals surface area contributed by atoms with E-state index in [0.717, 1.165) is 25.8 Å². The fourth-order valence-electron chi connectivity index (χ4n) is 2.99. The highest BCUT2D eigenvalue weighted by atomic mass is 19.1. The molecule has 0 radical (unpaired) electrons. The molecule has 2 unspecified atom stereocenters. The third-order valence-electron chi connectivity index (χ3n) is 4.15. The maximum atomic E-state index is 13.8. The Bertz CT molecular complexity index is 540. The fraction of sp³-hybridized carbons (Fsp3) is 0.571. The molecular weight excluding hydrogens is 277 g/mol. The highest BCUT2D eigenvalue weighted by molar-refractivity contribution is 5.50. The number of fused-ring (bicyclic) bond motifs is 1. The van der Waals surface area contributed by atoms with E-state index in [2.05, 4.69) is 10.2 Å². The van der Waals surface area contributed by atoms with Crippen LogP contribution in [0.5, 0.6) is 0 Å². The standard InChI is InChI=1S/C14H18FN3O3/c15-13-6-10(18(19)20)3-4-14(13)16-7-12-8-17-5-1-2-11(17)9-21-12/h3-4,6,11-12,16H,1-2,5,7-9H2. The number of morpholine rings is 1. The van der Waals surface area contributed by atoms with E-state index in [0.29, 0.717) is 12.6 Å². The molecule has 2 aliphatic heterocycles. The molecule has 1 N–H and O–H groups in total. The molecule has 0 aromatic heterocycles. The average Bonchev–Trinajstić information content (AvgIpc) is 2.93. The summed E-state index contributed by atoms with van der Waals surface area (Å²) >= 11 is 0. The van der Waals surface area contributed by atoms with Gasteiger partial charge in [0, 0.05) is 25.2 Å². The van der Waals surface area contributed by atoms with Crippen LogP contribution in [0.2, 0.25) is 0 Å². The first-order valence-electron chi connectivity index (χ1n) is 7.17. The molecule has 2 saturated heterocycles. The van der Waals surface area contributed by atoms with E-state index >= 15 is 0 Å². The minimum absolute atomic E-state index is 0.0222. The summed E-state index contributed by atoms with van der Waals surface area (Å²) in [7, 11) is 0. The van der Waals surface area contributed by atoms with E-state index in [1.54, 1.807) is 0 Å². The van der Waals surface area contributed by atoms with Crippen molar-refractivity contribution >= 4 is 11.4 Å². The van der Waals surface area contributed by atoms with E-state index < -0.39 is 10.7 Å². The van der Waals surface area contributed by atoms with Crippen LogP contribution in [0.4, 0.5) is 15.8 Å².